The van der Waals surface area contributed by atoms with Crippen LogP contribution in [0.3, 0.4) is 0 Å². The minimum atomic E-state index is -3.74. The van der Waals surface area contributed by atoms with Crippen LogP contribution in [0.4, 0.5) is 5.69 Å². The molecule has 2 N–H and O–H groups in total. The maximum atomic E-state index is 12.3. The highest BCUT2D eigenvalue weighted by Gasteiger charge is 2.31. The number of hydrogen-bond donors (Lipinski definition) is 2. The summed E-state index contributed by atoms with van der Waals surface area (Å²) in [4.78, 5) is 28.7. The average molecular weight is 452 g/mol. The number of nitrogens with zero attached hydrogens (tertiary/aromatic N) is 2. The molecule has 1 aromatic heterocycles. The number of anilines is 1. The van der Waals surface area contributed by atoms with Crippen molar-refractivity contribution in [3.05, 3.63) is 59.9 Å². The molecule has 2 heterocycles. The molecule has 0 saturated carbocycles. The molecular formula is C21H16N4O6S. The van der Waals surface area contributed by atoms with Crippen LogP contribution >= 0.6 is 0 Å². The summed E-state index contributed by atoms with van der Waals surface area (Å²) in [5.74, 6) is -1.54. The molecule has 162 valence electrons. The topological polar surface area (TPSA) is 151 Å². The molecule has 0 unspecified atom stereocenters. The van der Waals surface area contributed by atoms with Gasteiger partial charge in [-0.1, -0.05) is 24.3 Å². The number of amidine groups is 1. The Labute approximate surface area is 182 Å². The molecule has 2 aromatic carbocycles. The van der Waals surface area contributed by atoms with Crippen molar-refractivity contribution in [1.82, 2.24) is 4.72 Å². The molecule has 0 spiro atoms. The van der Waals surface area contributed by atoms with Gasteiger partial charge in [-0.15, -0.1) is 0 Å². The van der Waals surface area contributed by atoms with Crippen LogP contribution in [0.15, 0.2) is 62.8 Å². The third kappa shape index (κ3) is 3.91. The second-order valence-electron chi connectivity index (χ2n) is 6.83. The van der Waals surface area contributed by atoms with Gasteiger partial charge in [-0.25, -0.2) is 13.2 Å². The number of nitrogens with one attached hydrogen (secondary N) is 2. The number of nitriles is 1. The van der Waals surface area contributed by atoms with Gasteiger partial charge in [0.05, 0.1) is 4.90 Å². The van der Waals surface area contributed by atoms with Gasteiger partial charge in [-0.3, -0.25) is 14.5 Å². The molecule has 1 amide bonds. The summed E-state index contributed by atoms with van der Waals surface area (Å²) in [7, 11) is -3.74. The van der Waals surface area contributed by atoms with Crippen molar-refractivity contribution in [1.29, 1.82) is 5.26 Å². The Morgan fingerprint density at radius 1 is 1.22 bits per heavy atom. The normalized spacial score (nSPS) is 16.1. The lowest BCUT2D eigenvalue weighted by molar-refractivity contribution is -0.148. The second kappa shape index (κ2) is 8.16. The van der Waals surface area contributed by atoms with Gasteiger partial charge in [0.2, 0.25) is 5.76 Å². The first-order chi connectivity index (χ1) is 15.3. The molecular weight excluding hydrogens is 436 g/mol. The average Bonchev–Trinajstić information content (AvgIpc) is 3.26. The summed E-state index contributed by atoms with van der Waals surface area (Å²) in [6.07, 6.45) is 0. The Hall–Kier alpha value is -4.17. The number of carbonyl (C=O) groups is 2. The first-order valence-electron chi connectivity index (χ1n) is 9.38. The first-order valence-corrected chi connectivity index (χ1v) is 10.9. The second-order valence-corrected chi connectivity index (χ2v) is 8.48. The van der Waals surface area contributed by atoms with Crippen LogP contribution in [-0.2, 0) is 24.3 Å². The van der Waals surface area contributed by atoms with Crippen LogP contribution in [0.1, 0.15) is 18.2 Å². The van der Waals surface area contributed by atoms with Crippen molar-refractivity contribution in [2.24, 2.45) is 4.99 Å². The zero-order valence-corrected chi connectivity index (χ0v) is 17.5. The van der Waals surface area contributed by atoms with Crippen molar-refractivity contribution in [3.63, 3.8) is 0 Å². The van der Waals surface area contributed by atoms with Crippen molar-refractivity contribution >= 4 is 44.4 Å². The lowest BCUT2D eigenvalue weighted by Gasteiger charge is -2.09. The molecule has 4 rings (SSSR count). The van der Waals surface area contributed by atoms with E-state index < -0.39 is 34.5 Å². The minimum absolute atomic E-state index is 0.0260. The molecule has 0 radical (unpaired) electrons. The number of amides is 1. The highest BCUT2D eigenvalue weighted by Crippen LogP contribution is 2.30. The molecule has 1 atom stereocenters. The van der Waals surface area contributed by atoms with E-state index in [9.17, 15) is 23.3 Å². The zero-order chi connectivity index (χ0) is 22.9. The maximum absolute atomic E-state index is 12.3. The van der Waals surface area contributed by atoms with Gasteiger partial charge >= 0.3 is 5.97 Å². The van der Waals surface area contributed by atoms with Gasteiger partial charge in [0.25, 0.3) is 15.9 Å². The summed E-state index contributed by atoms with van der Waals surface area (Å²) >= 11 is 0. The van der Waals surface area contributed by atoms with Crippen molar-refractivity contribution in [3.8, 4) is 6.07 Å². The summed E-state index contributed by atoms with van der Waals surface area (Å²) < 4.78 is 36.9. The lowest BCUT2D eigenvalue weighted by Crippen LogP contribution is -2.28. The van der Waals surface area contributed by atoms with Crippen LogP contribution in [0, 0.1) is 11.3 Å². The van der Waals surface area contributed by atoms with E-state index in [1.807, 2.05) is 6.07 Å². The van der Waals surface area contributed by atoms with Crippen LogP contribution in [-0.4, -0.2) is 38.8 Å². The van der Waals surface area contributed by atoms with Gasteiger partial charge < -0.3 is 14.5 Å². The fourth-order valence-electron chi connectivity index (χ4n) is 3.16. The smallest absolute Gasteiger partial charge is 0.331 e. The van der Waals surface area contributed by atoms with Crippen molar-refractivity contribution in [2.75, 3.05) is 11.9 Å². The van der Waals surface area contributed by atoms with Crippen molar-refractivity contribution < 1.29 is 27.2 Å². The van der Waals surface area contributed by atoms with E-state index in [1.54, 1.807) is 42.5 Å². The maximum Gasteiger partial charge on any atom is 0.331 e. The molecule has 11 heteroatoms. The van der Waals surface area contributed by atoms with E-state index in [1.165, 1.54) is 13.0 Å². The molecule has 1 aliphatic rings. The van der Waals surface area contributed by atoms with Gasteiger partial charge in [-0.05, 0) is 31.2 Å². The summed E-state index contributed by atoms with van der Waals surface area (Å²) in [5.41, 5.74) is 0.968. The number of sulfonamides is 1. The molecule has 0 fully saturated rings. The molecule has 0 aliphatic carbocycles. The SMILES string of the molecule is C[C@@H](N=C1NS(=O)(=O)c2ccccc21)C(=O)OCC(=O)Nc1c(C#N)oc2ccccc12. The number of esters is 1. The highest BCUT2D eigenvalue weighted by atomic mass is 32.2. The number of para-hydroxylation sites is 1. The lowest BCUT2D eigenvalue weighted by atomic mass is 10.2. The fraction of sp³-hybridized carbons (Fsp3) is 0.143. The Balaban J connectivity index is 1.42. The number of rotatable bonds is 5. The number of benzene rings is 2. The fourth-order valence-corrected chi connectivity index (χ4v) is 4.40. The molecule has 10 nitrogen and oxygen atoms in total. The first kappa shape index (κ1) is 21.1. The zero-order valence-electron chi connectivity index (χ0n) is 16.7. The van der Waals surface area contributed by atoms with Gasteiger partial charge in [0, 0.05) is 10.9 Å². The third-order valence-corrected chi connectivity index (χ3v) is 6.03. The Morgan fingerprint density at radius 2 is 1.94 bits per heavy atom. The van der Waals surface area contributed by atoms with E-state index in [-0.39, 0.29) is 22.2 Å². The minimum Gasteiger partial charge on any atom is -0.454 e. The van der Waals surface area contributed by atoms with E-state index in [4.69, 9.17) is 9.15 Å². The Morgan fingerprint density at radius 3 is 2.72 bits per heavy atom. The molecule has 0 bridgehead atoms. The van der Waals surface area contributed by atoms with E-state index in [0.717, 1.165) is 0 Å². The summed E-state index contributed by atoms with van der Waals surface area (Å²) in [6.45, 7) is 0.792. The van der Waals surface area contributed by atoms with Gasteiger partial charge in [0.1, 0.15) is 29.2 Å². The van der Waals surface area contributed by atoms with Crippen LogP contribution in [0.5, 0.6) is 0 Å². The Bertz CT molecular complexity index is 1420. The largest absolute Gasteiger partial charge is 0.454 e. The number of carbonyl (C=O) groups excluding carboxylic acids is 2. The van der Waals surface area contributed by atoms with Gasteiger partial charge in [0.15, 0.2) is 6.61 Å². The number of hydrogen-bond acceptors (Lipinski definition) is 8. The molecule has 3 aromatic rings. The summed E-state index contributed by atoms with van der Waals surface area (Å²) in [5, 5.41) is 12.3. The van der Waals surface area contributed by atoms with E-state index in [2.05, 4.69) is 15.0 Å². The quantitative estimate of drug-likeness (QED) is 0.561. The number of ether oxygens (including phenoxy) is 1. The Kier molecular flexibility index (Phi) is 5.38. The van der Waals surface area contributed by atoms with E-state index >= 15 is 0 Å². The predicted molar refractivity (Wildman–Crippen MR) is 113 cm³/mol. The molecule has 1 aliphatic heterocycles. The van der Waals surface area contributed by atoms with Crippen LogP contribution < -0.4 is 10.0 Å². The number of furan rings is 1. The number of fused-ring (bicyclic) bond motifs is 2. The highest BCUT2D eigenvalue weighted by molar-refractivity contribution is 7.90. The predicted octanol–water partition coefficient (Wildman–Crippen LogP) is 1.91. The van der Waals surface area contributed by atoms with E-state index in [0.29, 0.717) is 16.5 Å². The standard InChI is InChI=1S/C21H16N4O6S/c1-12(23-20-14-7-3-5-9-17(14)32(28,29)25-20)21(27)30-11-18(26)24-19-13-6-2-4-8-15(13)31-16(19)10-22/h2-9,12H,11H2,1H3,(H,23,25)(H,24,26)/t12-/m1/s1. The van der Waals surface area contributed by atoms with Gasteiger partial charge in [-0.2, -0.15) is 5.26 Å². The molecule has 32 heavy (non-hydrogen) atoms. The monoisotopic (exact) mass is 452 g/mol. The molecule has 0 saturated heterocycles. The van der Waals surface area contributed by atoms with Crippen LogP contribution in [0.25, 0.3) is 11.0 Å². The summed E-state index contributed by atoms with van der Waals surface area (Å²) in [6, 6.07) is 13.8. The number of aliphatic imine (C=N–C) groups is 1. The van der Waals surface area contributed by atoms with Crippen molar-refractivity contribution in [2.45, 2.75) is 17.9 Å². The van der Waals surface area contributed by atoms with Crippen LogP contribution in [0.2, 0.25) is 0 Å². The third-order valence-electron chi connectivity index (χ3n) is 4.63.